The Kier molecular flexibility index (Phi) is 4.62. The van der Waals surface area contributed by atoms with E-state index in [1.165, 1.54) is 24.8 Å². The summed E-state index contributed by atoms with van der Waals surface area (Å²) in [5.74, 6) is 0. The number of unbranched alkanes of at least 4 members (excludes halogenated alkanes) is 2. The van der Waals surface area contributed by atoms with Gasteiger partial charge in [-0.2, -0.15) is 0 Å². The monoisotopic (exact) mass is 178 g/mol. The molecule has 12 heavy (non-hydrogen) atoms. The average Bonchev–Trinajstić information content (AvgIpc) is 2.14. The van der Waals surface area contributed by atoms with Crippen molar-refractivity contribution in [3.8, 4) is 0 Å². The van der Waals surface area contributed by atoms with Crippen LogP contribution in [0.4, 0.5) is 0 Å². The van der Waals surface area contributed by atoms with Crippen molar-refractivity contribution in [3.05, 3.63) is 35.9 Å². The van der Waals surface area contributed by atoms with Crippen molar-refractivity contribution in [2.75, 3.05) is 0 Å². The Morgan fingerprint density at radius 3 is 2.50 bits per heavy atom. The van der Waals surface area contributed by atoms with E-state index in [1.807, 2.05) is 5.37 Å². The molecular formula is C11H14S. The van der Waals surface area contributed by atoms with Gasteiger partial charge >= 0.3 is 0 Å². The van der Waals surface area contributed by atoms with Gasteiger partial charge in [0.1, 0.15) is 0 Å². The Balaban J connectivity index is 2.20. The minimum atomic E-state index is 1.07. The van der Waals surface area contributed by atoms with Crippen molar-refractivity contribution in [2.24, 2.45) is 0 Å². The van der Waals surface area contributed by atoms with Crippen LogP contribution < -0.4 is 0 Å². The maximum atomic E-state index is 4.76. The fraction of sp³-hybridized carbons (Fsp3) is 0.364. The summed E-state index contributed by atoms with van der Waals surface area (Å²) in [6.07, 6.45) is 4.72. The SMILES string of the molecule is S=CCCCCc1ccccc1. The van der Waals surface area contributed by atoms with Crippen LogP contribution in [0.25, 0.3) is 0 Å². The summed E-state index contributed by atoms with van der Waals surface area (Å²) in [5.41, 5.74) is 1.43. The normalized spacial score (nSPS) is 9.67. The van der Waals surface area contributed by atoms with Crippen molar-refractivity contribution in [2.45, 2.75) is 25.7 Å². The standard InChI is InChI=1S/C11H14S/c12-10-6-2-5-9-11-7-3-1-4-8-11/h1,3-4,7-8,10H,2,5-6,9H2. The Bertz CT molecular complexity index is 216. The molecule has 0 N–H and O–H groups in total. The second-order valence-electron chi connectivity index (χ2n) is 2.90. The van der Waals surface area contributed by atoms with Crippen LogP contribution in [0.3, 0.4) is 0 Å². The van der Waals surface area contributed by atoms with E-state index in [-0.39, 0.29) is 0 Å². The molecule has 0 nitrogen and oxygen atoms in total. The molecule has 0 fully saturated rings. The van der Waals surface area contributed by atoms with Crippen LogP contribution in [0.1, 0.15) is 24.8 Å². The average molecular weight is 178 g/mol. The lowest BCUT2D eigenvalue weighted by Gasteiger charge is -1.98. The Morgan fingerprint density at radius 2 is 1.83 bits per heavy atom. The second kappa shape index (κ2) is 5.90. The largest absolute Gasteiger partial charge is 0.0935 e. The van der Waals surface area contributed by atoms with Gasteiger partial charge < -0.3 is 0 Å². The van der Waals surface area contributed by atoms with Crippen LogP contribution in [-0.2, 0) is 6.42 Å². The van der Waals surface area contributed by atoms with Gasteiger partial charge in [0.15, 0.2) is 0 Å². The molecule has 1 rings (SSSR count). The molecule has 0 amide bonds. The molecule has 0 heterocycles. The minimum absolute atomic E-state index is 1.07. The highest BCUT2D eigenvalue weighted by Crippen LogP contribution is 2.05. The van der Waals surface area contributed by atoms with Gasteiger partial charge in [-0.1, -0.05) is 42.5 Å². The van der Waals surface area contributed by atoms with Crippen molar-refractivity contribution in [1.29, 1.82) is 0 Å². The number of benzene rings is 1. The third-order valence-corrected chi connectivity index (χ3v) is 2.12. The van der Waals surface area contributed by atoms with Gasteiger partial charge in [0.05, 0.1) is 0 Å². The highest BCUT2D eigenvalue weighted by atomic mass is 32.1. The molecular weight excluding hydrogens is 164 g/mol. The van der Waals surface area contributed by atoms with Gasteiger partial charge in [-0.05, 0) is 36.6 Å². The van der Waals surface area contributed by atoms with E-state index in [0.717, 1.165) is 6.42 Å². The summed E-state index contributed by atoms with van der Waals surface area (Å²) < 4.78 is 0. The van der Waals surface area contributed by atoms with E-state index in [1.54, 1.807) is 0 Å². The lowest BCUT2D eigenvalue weighted by Crippen LogP contribution is -1.84. The summed E-state index contributed by atoms with van der Waals surface area (Å²) in [6.45, 7) is 0. The Morgan fingerprint density at radius 1 is 1.08 bits per heavy atom. The molecule has 64 valence electrons. The van der Waals surface area contributed by atoms with Gasteiger partial charge in [0.25, 0.3) is 0 Å². The van der Waals surface area contributed by atoms with E-state index >= 15 is 0 Å². The molecule has 1 aromatic carbocycles. The number of hydrogen-bond acceptors (Lipinski definition) is 1. The van der Waals surface area contributed by atoms with Gasteiger partial charge in [-0.3, -0.25) is 0 Å². The summed E-state index contributed by atoms with van der Waals surface area (Å²) in [4.78, 5) is 0. The predicted octanol–water partition coefficient (Wildman–Crippen LogP) is 3.40. The molecule has 0 aliphatic rings. The van der Waals surface area contributed by atoms with Crippen molar-refractivity contribution < 1.29 is 0 Å². The molecule has 0 saturated heterocycles. The third kappa shape index (κ3) is 3.63. The molecule has 0 aliphatic carbocycles. The first-order valence-corrected chi connectivity index (χ1v) is 4.88. The predicted molar refractivity (Wildman–Crippen MR) is 57.7 cm³/mol. The summed E-state index contributed by atoms with van der Waals surface area (Å²) in [7, 11) is 0. The van der Waals surface area contributed by atoms with E-state index in [9.17, 15) is 0 Å². The van der Waals surface area contributed by atoms with Crippen molar-refractivity contribution in [1.82, 2.24) is 0 Å². The maximum Gasteiger partial charge on any atom is -0.0210 e. The van der Waals surface area contributed by atoms with Gasteiger partial charge in [-0.15, -0.1) is 0 Å². The van der Waals surface area contributed by atoms with Crippen molar-refractivity contribution in [3.63, 3.8) is 0 Å². The topological polar surface area (TPSA) is 0 Å². The summed E-state index contributed by atoms with van der Waals surface area (Å²) >= 11 is 4.76. The van der Waals surface area contributed by atoms with E-state index in [4.69, 9.17) is 12.2 Å². The summed E-state index contributed by atoms with van der Waals surface area (Å²) in [5, 5.41) is 1.82. The van der Waals surface area contributed by atoms with Crippen LogP contribution in [0.15, 0.2) is 30.3 Å². The van der Waals surface area contributed by atoms with E-state index in [2.05, 4.69) is 30.3 Å². The molecule has 0 unspecified atom stereocenters. The molecule has 0 aromatic heterocycles. The molecule has 0 radical (unpaired) electrons. The highest BCUT2D eigenvalue weighted by Gasteiger charge is 1.90. The first-order valence-electron chi connectivity index (χ1n) is 4.41. The number of thiocarbonyl (C=S) groups is 1. The van der Waals surface area contributed by atoms with Crippen LogP contribution in [0.5, 0.6) is 0 Å². The van der Waals surface area contributed by atoms with Crippen LogP contribution in [0, 0.1) is 0 Å². The van der Waals surface area contributed by atoms with E-state index < -0.39 is 0 Å². The minimum Gasteiger partial charge on any atom is -0.0935 e. The lowest BCUT2D eigenvalue weighted by molar-refractivity contribution is 0.769. The molecule has 1 heteroatoms. The van der Waals surface area contributed by atoms with Crippen molar-refractivity contribution >= 4 is 17.6 Å². The first kappa shape index (κ1) is 9.40. The zero-order chi connectivity index (χ0) is 8.65. The fourth-order valence-electron chi connectivity index (χ4n) is 1.20. The molecule has 1 aromatic rings. The number of rotatable bonds is 5. The quantitative estimate of drug-likeness (QED) is 0.492. The molecule has 0 saturated carbocycles. The zero-order valence-corrected chi connectivity index (χ0v) is 8.02. The maximum absolute atomic E-state index is 4.76. The molecule has 0 atom stereocenters. The van der Waals surface area contributed by atoms with Gasteiger partial charge in [0, 0.05) is 0 Å². The van der Waals surface area contributed by atoms with Crippen LogP contribution in [-0.4, -0.2) is 5.37 Å². The smallest absolute Gasteiger partial charge is 0.0210 e. The second-order valence-corrected chi connectivity index (χ2v) is 3.23. The highest BCUT2D eigenvalue weighted by molar-refractivity contribution is 7.78. The Labute approximate surface area is 79.6 Å². The first-order chi connectivity index (χ1) is 5.93. The number of hydrogen-bond donors (Lipinski definition) is 0. The zero-order valence-electron chi connectivity index (χ0n) is 7.20. The molecule has 0 spiro atoms. The number of aryl methyl sites for hydroxylation is 1. The molecule has 0 bridgehead atoms. The Hall–Kier alpha value is -0.690. The fourth-order valence-corrected chi connectivity index (χ4v) is 1.37. The van der Waals surface area contributed by atoms with Gasteiger partial charge in [-0.25, -0.2) is 0 Å². The lowest BCUT2D eigenvalue weighted by atomic mass is 10.1. The molecule has 0 aliphatic heterocycles. The third-order valence-electron chi connectivity index (χ3n) is 1.88. The van der Waals surface area contributed by atoms with Crippen LogP contribution >= 0.6 is 12.2 Å². The van der Waals surface area contributed by atoms with E-state index in [0.29, 0.717) is 0 Å². The van der Waals surface area contributed by atoms with Gasteiger partial charge in [0.2, 0.25) is 0 Å². The van der Waals surface area contributed by atoms with Crippen LogP contribution in [0.2, 0.25) is 0 Å². The summed E-state index contributed by atoms with van der Waals surface area (Å²) in [6, 6.07) is 10.6.